The van der Waals surface area contributed by atoms with Gasteiger partial charge in [-0.05, 0) is 38.1 Å². The highest BCUT2D eigenvalue weighted by molar-refractivity contribution is 7.80. The van der Waals surface area contributed by atoms with E-state index in [2.05, 4.69) is 24.5 Å². The zero-order valence-electron chi connectivity index (χ0n) is 9.41. The number of hydrogen-bond acceptors (Lipinski definition) is 3. The third-order valence-corrected chi connectivity index (χ3v) is 2.69. The van der Waals surface area contributed by atoms with Crippen molar-refractivity contribution in [1.29, 1.82) is 0 Å². The van der Waals surface area contributed by atoms with E-state index < -0.39 is 0 Å². The van der Waals surface area contributed by atoms with Crippen LogP contribution in [0.2, 0.25) is 0 Å². The minimum absolute atomic E-state index is 0.288. The number of unbranched alkanes of at least 4 members (excludes halogenated alkanes) is 3. The number of nitrogens with zero attached hydrogens (tertiary/aromatic N) is 1. The van der Waals surface area contributed by atoms with Gasteiger partial charge in [0.15, 0.2) is 0 Å². The van der Waals surface area contributed by atoms with Crippen molar-refractivity contribution >= 4 is 12.6 Å². The van der Waals surface area contributed by atoms with Crippen LogP contribution in [0.5, 0.6) is 0 Å². The van der Waals surface area contributed by atoms with E-state index in [-0.39, 0.29) is 6.61 Å². The summed E-state index contributed by atoms with van der Waals surface area (Å²) >= 11 is 4.19. The molecule has 0 aliphatic carbocycles. The minimum Gasteiger partial charge on any atom is -0.395 e. The van der Waals surface area contributed by atoms with E-state index >= 15 is 0 Å². The van der Waals surface area contributed by atoms with Gasteiger partial charge in [0.05, 0.1) is 6.61 Å². The van der Waals surface area contributed by atoms with Gasteiger partial charge in [-0.15, -0.1) is 0 Å². The van der Waals surface area contributed by atoms with Crippen LogP contribution in [0.15, 0.2) is 0 Å². The normalized spacial score (nSPS) is 11.1. The second kappa shape index (κ2) is 11.3. The van der Waals surface area contributed by atoms with E-state index in [1.54, 1.807) is 0 Å². The second-order valence-corrected chi connectivity index (χ2v) is 4.15. The fourth-order valence-electron chi connectivity index (χ4n) is 1.48. The third kappa shape index (κ3) is 8.85. The van der Waals surface area contributed by atoms with Crippen LogP contribution in [0.1, 0.15) is 39.0 Å². The predicted molar refractivity (Wildman–Crippen MR) is 66.1 cm³/mol. The topological polar surface area (TPSA) is 23.5 Å². The summed E-state index contributed by atoms with van der Waals surface area (Å²) < 4.78 is 0. The van der Waals surface area contributed by atoms with Crippen molar-refractivity contribution in [2.75, 3.05) is 32.0 Å². The Kier molecular flexibility index (Phi) is 11.6. The Labute approximate surface area is 94.1 Å². The Hall–Kier alpha value is 0.270. The van der Waals surface area contributed by atoms with Gasteiger partial charge in [0, 0.05) is 6.54 Å². The van der Waals surface area contributed by atoms with Crippen LogP contribution < -0.4 is 0 Å². The van der Waals surface area contributed by atoms with Crippen molar-refractivity contribution in [3.63, 3.8) is 0 Å². The zero-order chi connectivity index (χ0) is 10.6. The van der Waals surface area contributed by atoms with Gasteiger partial charge >= 0.3 is 0 Å². The molecule has 0 heterocycles. The van der Waals surface area contributed by atoms with Gasteiger partial charge in [0.25, 0.3) is 0 Å². The molecular formula is C11H25NOS. The van der Waals surface area contributed by atoms with E-state index in [9.17, 15) is 0 Å². The molecule has 0 fully saturated rings. The van der Waals surface area contributed by atoms with Gasteiger partial charge in [-0.3, -0.25) is 0 Å². The van der Waals surface area contributed by atoms with Gasteiger partial charge in [0.2, 0.25) is 0 Å². The molecular weight excluding hydrogens is 194 g/mol. The van der Waals surface area contributed by atoms with E-state index in [4.69, 9.17) is 5.11 Å². The molecule has 2 nitrogen and oxygen atoms in total. The Balaban J connectivity index is 3.40. The first-order valence-corrected chi connectivity index (χ1v) is 6.42. The molecule has 0 aromatic carbocycles. The van der Waals surface area contributed by atoms with Crippen molar-refractivity contribution in [2.24, 2.45) is 0 Å². The van der Waals surface area contributed by atoms with E-state index in [0.717, 1.165) is 25.4 Å². The highest BCUT2D eigenvalue weighted by Gasteiger charge is 2.02. The molecule has 3 heteroatoms. The summed E-state index contributed by atoms with van der Waals surface area (Å²) in [4.78, 5) is 2.36. The molecule has 0 saturated heterocycles. The lowest BCUT2D eigenvalue weighted by molar-refractivity contribution is 0.191. The van der Waals surface area contributed by atoms with Gasteiger partial charge in [-0.25, -0.2) is 0 Å². The average molecular weight is 219 g/mol. The van der Waals surface area contributed by atoms with Crippen molar-refractivity contribution in [3.8, 4) is 0 Å². The largest absolute Gasteiger partial charge is 0.395 e. The molecule has 0 saturated carbocycles. The first-order valence-electron chi connectivity index (χ1n) is 5.79. The maximum Gasteiger partial charge on any atom is 0.0558 e. The molecule has 1 N–H and O–H groups in total. The maximum absolute atomic E-state index is 8.88. The molecule has 0 radical (unpaired) electrons. The summed E-state index contributed by atoms with van der Waals surface area (Å²) in [6, 6.07) is 0. The average Bonchev–Trinajstić information content (AvgIpc) is 2.20. The molecule has 0 aliphatic heterocycles. The standard InChI is InChI=1S/C11H25NOS/c1-2-3-7-12(9-10-13)8-5-4-6-11-14/h13-14H,2-11H2,1H3. The summed E-state index contributed by atoms with van der Waals surface area (Å²) in [6.45, 7) is 5.60. The van der Waals surface area contributed by atoms with Crippen LogP contribution in [0.4, 0.5) is 0 Å². The highest BCUT2D eigenvalue weighted by Crippen LogP contribution is 2.01. The Morgan fingerprint density at radius 2 is 1.71 bits per heavy atom. The molecule has 0 rings (SSSR count). The van der Waals surface area contributed by atoms with Gasteiger partial charge in [-0.2, -0.15) is 12.6 Å². The fourth-order valence-corrected chi connectivity index (χ4v) is 1.71. The monoisotopic (exact) mass is 219 g/mol. The molecule has 86 valence electrons. The molecule has 0 amide bonds. The Bertz CT molecular complexity index is 111. The number of aliphatic hydroxyl groups is 1. The predicted octanol–water partition coefficient (Wildman–Crippen LogP) is 2.18. The third-order valence-electron chi connectivity index (χ3n) is 2.38. The molecule has 0 bridgehead atoms. The number of rotatable bonds is 10. The lowest BCUT2D eigenvalue weighted by Gasteiger charge is -2.20. The Morgan fingerprint density at radius 3 is 2.29 bits per heavy atom. The SMILES string of the molecule is CCCCN(CCO)CCCCCS. The van der Waals surface area contributed by atoms with E-state index in [1.165, 1.54) is 32.1 Å². The highest BCUT2D eigenvalue weighted by atomic mass is 32.1. The fraction of sp³-hybridized carbons (Fsp3) is 1.00. The summed E-state index contributed by atoms with van der Waals surface area (Å²) in [5, 5.41) is 8.88. The maximum atomic E-state index is 8.88. The molecule has 0 atom stereocenters. The van der Waals surface area contributed by atoms with Gasteiger partial charge in [-0.1, -0.05) is 19.8 Å². The van der Waals surface area contributed by atoms with Crippen molar-refractivity contribution < 1.29 is 5.11 Å². The van der Waals surface area contributed by atoms with Crippen molar-refractivity contribution in [1.82, 2.24) is 4.90 Å². The molecule has 0 unspecified atom stereocenters. The van der Waals surface area contributed by atoms with E-state index in [0.29, 0.717) is 0 Å². The molecule has 0 aromatic rings. The number of aliphatic hydroxyl groups excluding tert-OH is 1. The van der Waals surface area contributed by atoms with Crippen LogP contribution in [0, 0.1) is 0 Å². The van der Waals surface area contributed by atoms with Crippen molar-refractivity contribution in [2.45, 2.75) is 39.0 Å². The van der Waals surface area contributed by atoms with Crippen LogP contribution in [0.3, 0.4) is 0 Å². The second-order valence-electron chi connectivity index (χ2n) is 3.70. The van der Waals surface area contributed by atoms with Crippen LogP contribution >= 0.6 is 12.6 Å². The molecule has 0 aromatic heterocycles. The minimum atomic E-state index is 0.288. The molecule has 0 aliphatic rings. The molecule has 0 spiro atoms. The van der Waals surface area contributed by atoms with Crippen LogP contribution in [-0.2, 0) is 0 Å². The number of hydrogen-bond donors (Lipinski definition) is 2. The smallest absolute Gasteiger partial charge is 0.0558 e. The first kappa shape index (κ1) is 14.3. The Morgan fingerprint density at radius 1 is 1.00 bits per heavy atom. The summed E-state index contributed by atoms with van der Waals surface area (Å²) in [5.74, 6) is 0.995. The summed E-state index contributed by atoms with van der Waals surface area (Å²) in [5.41, 5.74) is 0. The van der Waals surface area contributed by atoms with Crippen LogP contribution in [-0.4, -0.2) is 42.0 Å². The molecule has 14 heavy (non-hydrogen) atoms. The quantitative estimate of drug-likeness (QED) is 0.434. The van der Waals surface area contributed by atoms with Crippen LogP contribution in [0.25, 0.3) is 0 Å². The van der Waals surface area contributed by atoms with Gasteiger partial charge < -0.3 is 10.0 Å². The lowest BCUT2D eigenvalue weighted by atomic mass is 10.2. The lowest BCUT2D eigenvalue weighted by Crippen LogP contribution is -2.29. The van der Waals surface area contributed by atoms with Gasteiger partial charge in [0.1, 0.15) is 0 Å². The number of thiol groups is 1. The van der Waals surface area contributed by atoms with E-state index in [1.807, 2.05) is 0 Å². The van der Waals surface area contributed by atoms with Crippen molar-refractivity contribution in [3.05, 3.63) is 0 Å². The summed E-state index contributed by atoms with van der Waals surface area (Å²) in [6.07, 6.45) is 6.19. The zero-order valence-corrected chi connectivity index (χ0v) is 10.3. The summed E-state index contributed by atoms with van der Waals surface area (Å²) in [7, 11) is 0. The first-order chi connectivity index (χ1) is 6.85.